The van der Waals surface area contributed by atoms with E-state index in [9.17, 15) is 23.2 Å². The zero-order chi connectivity index (χ0) is 33.4. The summed E-state index contributed by atoms with van der Waals surface area (Å²) in [6.45, 7) is 4.73. The van der Waals surface area contributed by atoms with Crippen LogP contribution < -0.4 is 10.6 Å². The molecule has 11 heteroatoms. The standard InChI is InChI=1S/C36H38F3N7O/c1-35(2,24-40)33-12-10-29(22-43-33)42-16-4-6-31-20-28-19-27(9-11-32(28)46(31)25-36(37,38)39)8-7-26-13-17-45(18-14-26)23-34(47)44-30-5-3-15-41-21-30/h3,5,9-12,15,19-22,26,42H,7-8,13-14,16-18,23,25H2,1-2H3,(H,44,47). The molecule has 4 aromatic rings. The zero-order valence-electron chi connectivity index (χ0n) is 26.6. The van der Waals surface area contributed by atoms with Gasteiger partial charge in [-0.25, -0.2) is 0 Å². The van der Waals surface area contributed by atoms with Crippen LogP contribution in [0.4, 0.5) is 24.5 Å². The van der Waals surface area contributed by atoms with Gasteiger partial charge in [0.05, 0.1) is 59.7 Å². The minimum absolute atomic E-state index is 0.0495. The molecule has 8 nitrogen and oxygen atoms in total. The Morgan fingerprint density at radius 2 is 1.87 bits per heavy atom. The lowest BCUT2D eigenvalue weighted by atomic mass is 9.90. The second-order valence-electron chi connectivity index (χ2n) is 12.5. The zero-order valence-corrected chi connectivity index (χ0v) is 26.6. The first-order chi connectivity index (χ1) is 22.5. The third-order valence-corrected chi connectivity index (χ3v) is 8.44. The fraction of sp³-hybridized carbons (Fsp3) is 0.389. The number of hydrogen-bond donors (Lipinski definition) is 2. The minimum atomic E-state index is -4.39. The summed E-state index contributed by atoms with van der Waals surface area (Å²) < 4.78 is 41.9. The van der Waals surface area contributed by atoms with Crippen molar-refractivity contribution in [1.29, 1.82) is 5.26 Å². The highest BCUT2D eigenvalue weighted by Gasteiger charge is 2.30. The van der Waals surface area contributed by atoms with Crippen molar-refractivity contribution in [3.05, 3.63) is 84.1 Å². The summed E-state index contributed by atoms with van der Waals surface area (Å²) in [7, 11) is 0. The summed E-state index contributed by atoms with van der Waals surface area (Å²) in [6, 6.07) is 16.8. The number of halogens is 3. The number of carbonyl (C=O) groups is 1. The predicted octanol–water partition coefficient (Wildman–Crippen LogP) is 6.54. The van der Waals surface area contributed by atoms with Crippen molar-refractivity contribution in [2.45, 2.75) is 57.7 Å². The number of nitriles is 1. The first kappa shape index (κ1) is 33.5. The van der Waals surface area contributed by atoms with E-state index in [1.54, 1.807) is 62.8 Å². The molecule has 0 atom stereocenters. The van der Waals surface area contributed by atoms with Gasteiger partial charge in [0, 0.05) is 17.1 Å². The second-order valence-corrected chi connectivity index (χ2v) is 12.5. The Morgan fingerprint density at radius 1 is 1.06 bits per heavy atom. The quantitative estimate of drug-likeness (QED) is 0.191. The smallest absolute Gasteiger partial charge is 0.373 e. The molecular formula is C36H38F3N7O. The Morgan fingerprint density at radius 3 is 2.55 bits per heavy atom. The largest absolute Gasteiger partial charge is 0.406 e. The number of nitrogens with zero attached hydrogens (tertiary/aromatic N) is 5. The maximum atomic E-state index is 13.5. The number of amides is 1. The second kappa shape index (κ2) is 14.7. The van der Waals surface area contributed by atoms with Gasteiger partial charge in [0.2, 0.25) is 5.91 Å². The molecule has 1 fully saturated rings. The Balaban J connectivity index is 1.17. The van der Waals surface area contributed by atoms with Crippen LogP contribution in [-0.2, 0) is 23.2 Å². The highest BCUT2D eigenvalue weighted by Crippen LogP contribution is 2.28. The molecule has 2 N–H and O–H groups in total. The molecule has 3 aromatic heterocycles. The fourth-order valence-electron chi connectivity index (χ4n) is 5.78. The van der Waals surface area contributed by atoms with Gasteiger partial charge in [-0.05, 0) is 112 Å². The van der Waals surface area contributed by atoms with Crippen molar-refractivity contribution < 1.29 is 18.0 Å². The van der Waals surface area contributed by atoms with Gasteiger partial charge in [0.1, 0.15) is 6.54 Å². The summed E-state index contributed by atoms with van der Waals surface area (Å²) in [5.74, 6) is 6.34. The lowest BCUT2D eigenvalue weighted by Gasteiger charge is -2.31. The highest BCUT2D eigenvalue weighted by atomic mass is 19.4. The van der Waals surface area contributed by atoms with Crippen LogP contribution in [-0.4, -0.2) is 57.7 Å². The molecule has 244 valence electrons. The average molecular weight is 642 g/mol. The molecule has 0 radical (unpaired) electrons. The topological polar surface area (TPSA) is 98.9 Å². The molecule has 5 rings (SSSR count). The van der Waals surface area contributed by atoms with E-state index in [1.807, 2.05) is 18.2 Å². The van der Waals surface area contributed by atoms with Crippen LogP contribution in [0.3, 0.4) is 0 Å². The number of aromatic nitrogens is 3. The van der Waals surface area contributed by atoms with Crippen LogP contribution in [0.5, 0.6) is 0 Å². The number of alkyl halides is 3. The average Bonchev–Trinajstić information content (AvgIpc) is 3.38. The van der Waals surface area contributed by atoms with Crippen LogP contribution >= 0.6 is 0 Å². The molecule has 1 aliphatic heterocycles. The first-order valence-corrected chi connectivity index (χ1v) is 15.7. The number of hydrogen-bond acceptors (Lipinski definition) is 6. The third kappa shape index (κ3) is 9.34. The van der Waals surface area contributed by atoms with Crippen LogP contribution in [0.1, 0.15) is 50.1 Å². The molecule has 0 aliphatic carbocycles. The van der Waals surface area contributed by atoms with E-state index in [0.717, 1.165) is 49.7 Å². The van der Waals surface area contributed by atoms with Crippen LogP contribution in [0.2, 0.25) is 0 Å². The van der Waals surface area contributed by atoms with E-state index in [1.165, 1.54) is 4.57 Å². The third-order valence-electron chi connectivity index (χ3n) is 8.44. The molecule has 0 bridgehead atoms. The number of rotatable bonds is 10. The number of benzene rings is 1. The SMILES string of the molecule is CC(C)(C#N)c1ccc(NCC#Cc2cc3cc(CCC4CCN(CC(=O)Nc5cccnc5)CC4)ccc3n2CC(F)(F)F)cn1. The molecule has 0 saturated carbocycles. The molecule has 0 spiro atoms. The number of aryl methyl sites for hydroxylation is 1. The Bertz CT molecular complexity index is 1770. The lowest BCUT2D eigenvalue weighted by molar-refractivity contribution is -0.140. The van der Waals surface area contributed by atoms with Crippen molar-refractivity contribution >= 4 is 28.2 Å². The van der Waals surface area contributed by atoms with E-state index in [0.29, 0.717) is 40.7 Å². The van der Waals surface area contributed by atoms with E-state index < -0.39 is 18.1 Å². The summed E-state index contributed by atoms with van der Waals surface area (Å²) in [5, 5.41) is 16.0. The number of piperidine rings is 1. The molecule has 1 amide bonds. The number of anilines is 2. The molecule has 1 saturated heterocycles. The van der Waals surface area contributed by atoms with Crippen LogP contribution in [0, 0.1) is 29.1 Å². The fourth-order valence-corrected chi connectivity index (χ4v) is 5.78. The Labute approximate surface area is 273 Å². The van der Waals surface area contributed by atoms with Gasteiger partial charge in [-0.15, -0.1) is 0 Å². The van der Waals surface area contributed by atoms with Crippen molar-refractivity contribution in [2.75, 3.05) is 36.8 Å². The normalized spacial score (nSPS) is 14.3. The van der Waals surface area contributed by atoms with Gasteiger partial charge in [-0.2, -0.15) is 18.4 Å². The summed E-state index contributed by atoms with van der Waals surface area (Å²) in [6.07, 6.45) is 4.31. The maximum absolute atomic E-state index is 13.5. The highest BCUT2D eigenvalue weighted by molar-refractivity contribution is 5.92. The van der Waals surface area contributed by atoms with E-state index in [4.69, 9.17) is 0 Å². The Kier molecular flexibility index (Phi) is 10.5. The van der Waals surface area contributed by atoms with Crippen molar-refractivity contribution in [3.63, 3.8) is 0 Å². The van der Waals surface area contributed by atoms with Crippen molar-refractivity contribution in [1.82, 2.24) is 19.4 Å². The molecule has 1 aromatic carbocycles. The molecule has 4 heterocycles. The lowest BCUT2D eigenvalue weighted by Crippen LogP contribution is -2.39. The minimum Gasteiger partial charge on any atom is -0.373 e. The van der Waals surface area contributed by atoms with Gasteiger partial charge < -0.3 is 15.2 Å². The molecule has 47 heavy (non-hydrogen) atoms. The van der Waals surface area contributed by atoms with Gasteiger partial charge in [0.15, 0.2) is 0 Å². The first-order valence-electron chi connectivity index (χ1n) is 15.7. The van der Waals surface area contributed by atoms with E-state index in [-0.39, 0.29) is 12.5 Å². The van der Waals surface area contributed by atoms with E-state index in [2.05, 4.69) is 43.4 Å². The van der Waals surface area contributed by atoms with Gasteiger partial charge in [0.25, 0.3) is 0 Å². The van der Waals surface area contributed by atoms with Crippen LogP contribution in [0.15, 0.2) is 67.1 Å². The van der Waals surface area contributed by atoms with E-state index >= 15 is 0 Å². The molecular weight excluding hydrogens is 603 g/mol. The Hall–Kier alpha value is -4.87. The summed E-state index contributed by atoms with van der Waals surface area (Å²) in [4.78, 5) is 22.9. The predicted molar refractivity (Wildman–Crippen MR) is 177 cm³/mol. The summed E-state index contributed by atoms with van der Waals surface area (Å²) in [5.41, 5.74) is 3.22. The van der Waals surface area contributed by atoms with Crippen molar-refractivity contribution in [3.8, 4) is 17.9 Å². The van der Waals surface area contributed by atoms with Crippen molar-refractivity contribution in [2.24, 2.45) is 5.92 Å². The molecule has 1 aliphatic rings. The maximum Gasteiger partial charge on any atom is 0.406 e. The van der Waals surface area contributed by atoms with Gasteiger partial charge in [-0.3, -0.25) is 19.7 Å². The number of fused-ring (bicyclic) bond motifs is 1. The number of pyridine rings is 2. The monoisotopic (exact) mass is 641 g/mol. The number of nitrogens with one attached hydrogen (secondary N) is 2. The van der Waals surface area contributed by atoms with Gasteiger partial charge in [-0.1, -0.05) is 12.0 Å². The summed E-state index contributed by atoms with van der Waals surface area (Å²) >= 11 is 0. The molecule has 0 unspecified atom stereocenters. The van der Waals surface area contributed by atoms with Crippen LogP contribution in [0.25, 0.3) is 10.9 Å². The number of carbonyl (C=O) groups excluding carboxylic acids is 1. The number of likely N-dealkylation sites (tertiary alicyclic amines) is 1. The van der Waals surface area contributed by atoms with Gasteiger partial charge >= 0.3 is 6.18 Å².